The van der Waals surface area contributed by atoms with Crippen LogP contribution in [0.1, 0.15) is 36.6 Å². The molecule has 2 aromatic rings. The van der Waals surface area contributed by atoms with Crippen molar-refractivity contribution in [3.63, 3.8) is 0 Å². The Balaban J connectivity index is 2.38. The number of nitrogens with zero attached hydrogens (tertiary/aromatic N) is 2. The third-order valence-corrected chi connectivity index (χ3v) is 5.46. The van der Waals surface area contributed by atoms with Crippen molar-refractivity contribution >= 4 is 0 Å². The maximum Gasteiger partial charge on any atom is 0.333 e. The number of likely N-dealkylation sites (N-methyl/N-ethyl adjacent to an activating group) is 1. The van der Waals surface area contributed by atoms with Crippen molar-refractivity contribution in [2.24, 2.45) is 14.1 Å². The van der Waals surface area contributed by atoms with Crippen LogP contribution in [0.2, 0.25) is 0 Å². The molecule has 0 aliphatic carbocycles. The molecule has 1 unspecified atom stereocenters. The zero-order valence-electron chi connectivity index (χ0n) is 14.8. The van der Waals surface area contributed by atoms with Gasteiger partial charge in [0.1, 0.15) is 5.56 Å². The number of hydrogen-bond donors (Lipinski definition) is 2. The molecule has 0 radical (unpaired) electrons. The normalized spacial score (nSPS) is 22.2. The van der Waals surface area contributed by atoms with Crippen molar-refractivity contribution in [1.82, 2.24) is 9.13 Å². The number of rotatable bonds is 1. The van der Waals surface area contributed by atoms with Crippen LogP contribution in [0.3, 0.4) is 0 Å². The van der Waals surface area contributed by atoms with Gasteiger partial charge in [-0.1, -0.05) is 24.3 Å². The zero-order chi connectivity index (χ0) is 17.8. The van der Waals surface area contributed by atoms with Crippen LogP contribution in [0.15, 0.2) is 33.9 Å². The summed E-state index contributed by atoms with van der Waals surface area (Å²) in [5.74, 6) is -0.250. The van der Waals surface area contributed by atoms with Crippen molar-refractivity contribution < 1.29 is 10.0 Å². The molecule has 1 aromatic heterocycles. The summed E-state index contributed by atoms with van der Waals surface area (Å²) in [6, 6.07) is 7.69. The minimum absolute atomic E-state index is 0.106. The fraction of sp³-hybridized carbons (Fsp3) is 0.444. The molecule has 1 aliphatic heterocycles. The van der Waals surface area contributed by atoms with Gasteiger partial charge in [0.25, 0.3) is 5.56 Å². The molecule has 6 heteroatoms. The summed E-state index contributed by atoms with van der Waals surface area (Å²) >= 11 is 0. The van der Waals surface area contributed by atoms with Gasteiger partial charge in [-0.05, 0) is 19.4 Å². The van der Waals surface area contributed by atoms with Crippen molar-refractivity contribution in [1.29, 1.82) is 0 Å². The van der Waals surface area contributed by atoms with Gasteiger partial charge in [-0.2, -0.15) is 0 Å². The van der Waals surface area contributed by atoms with Crippen LogP contribution in [0.5, 0.6) is 5.88 Å². The van der Waals surface area contributed by atoms with Crippen LogP contribution in [0.4, 0.5) is 0 Å². The van der Waals surface area contributed by atoms with Crippen molar-refractivity contribution in [2.45, 2.75) is 31.8 Å². The highest BCUT2D eigenvalue weighted by Gasteiger charge is 2.44. The summed E-state index contributed by atoms with van der Waals surface area (Å²) in [6.45, 7) is 4.30. The summed E-state index contributed by atoms with van der Waals surface area (Å²) in [6.07, 6.45) is 0.887. The van der Waals surface area contributed by atoms with Crippen LogP contribution >= 0.6 is 0 Å². The number of fused-ring (bicyclic) bond motifs is 1. The van der Waals surface area contributed by atoms with Gasteiger partial charge in [0.05, 0.1) is 12.6 Å². The topological polar surface area (TPSA) is 68.7 Å². The first-order valence-electron chi connectivity index (χ1n) is 8.07. The molecule has 0 saturated carbocycles. The monoisotopic (exact) mass is 330 g/mol. The largest absolute Gasteiger partial charge is 0.494 e. The van der Waals surface area contributed by atoms with Crippen LogP contribution in [0.25, 0.3) is 0 Å². The van der Waals surface area contributed by atoms with Crippen LogP contribution in [0, 0.1) is 0 Å². The van der Waals surface area contributed by atoms with E-state index in [1.54, 1.807) is 0 Å². The molecule has 6 nitrogen and oxygen atoms in total. The smallest absolute Gasteiger partial charge is 0.333 e. The van der Waals surface area contributed by atoms with E-state index in [9.17, 15) is 14.7 Å². The summed E-state index contributed by atoms with van der Waals surface area (Å²) in [5.41, 5.74) is 1.41. The predicted octanol–water partition coefficient (Wildman–Crippen LogP) is -0.272. The molecule has 1 aliphatic rings. The molecule has 128 valence electrons. The van der Waals surface area contributed by atoms with E-state index < -0.39 is 11.2 Å². The first-order valence-corrected chi connectivity index (χ1v) is 8.07. The SMILES string of the molecule is Cn1c(O)c([C@@H]2c3ccccc3CC(C)(C)[NH+]2C)c(=O)n(C)c1=O. The number of aromatic hydroxyl groups is 1. The molecule has 1 aromatic carbocycles. The first kappa shape index (κ1) is 16.5. The molecule has 3 rings (SSSR count). The Morgan fingerprint density at radius 2 is 1.79 bits per heavy atom. The third kappa shape index (κ3) is 2.21. The Morgan fingerprint density at radius 3 is 2.46 bits per heavy atom. The fourth-order valence-electron chi connectivity index (χ4n) is 3.70. The lowest BCUT2D eigenvalue weighted by atomic mass is 9.80. The number of nitrogens with one attached hydrogen (secondary N) is 1. The average molecular weight is 330 g/mol. The van der Waals surface area contributed by atoms with E-state index in [-0.39, 0.29) is 23.0 Å². The molecule has 0 amide bonds. The van der Waals surface area contributed by atoms with Gasteiger partial charge in [-0.15, -0.1) is 0 Å². The van der Waals surface area contributed by atoms with Crippen LogP contribution in [-0.4, -0.2) is 26.8 Å². The Kier molecular flexibility index (Phi) is 3.68. The summed E-state index contributed by atoms with van der Waals surface area (Å²) < 4.78 is 2.20. The van der Waals surface area contributed by atoms with E-state index >= 15 is 0 Å². The summed E-state index contributed by atoms with van der Waals surface area (Å²) in [7, 11) is 4.96. The maximum atomic E-state index is 12.8. The second-order valence-electron chi connectivity index (χ2n) is 7.32. The molecule has 0 bridgehead atoms. The number of benzene rings is 1. The molecule has 0 saturated heterocycles. The average Bonchev–Trinajstić information content (AvgIpc) is 2.54. The zero-order valence-corrected chi connectivity index (χ0v) is 14.8. The molecule has 2 N–H and O–H groups in total. The standard InChI is InChI=1S/C18H23N3O3/c1-18(2)10-11-8-6-7-9-12(11)14(21(18)5)13-15(22)19(3)17(24)20(4)16(13)23/h6-9,14,22H,10H2,1-5H3/p+1/t14-/m0/s1. The van der Waals surface area contributed by atoms with Gasteiger partial charge in [0.2, 0.25) is 5.88 Å². The van der Waals surface area contributed by atoms with E-state index in [2.05, 4.69) is 19.9 Å². The molecule has 2 atom stereocenters. The number of aromatic nitrogens is 2. The Bertz CT molecular complexity index is 924. The van der Waals surface area contributed by atoms with Crippen molar-refractivity contribution in [3.8, 4) is 5.88 Å². The minimum atomic E-state index is -0.526. The third-order valence-electron chi connectivity index (χ3n) is 5.46. The molecule has 0 spiro atoms. The Hall–Kier alpha value is -2.34. The predicted molar refractivity (Wildman–Crippen MR) is 91.5 cm³/mol. The lowest BCUT2D eigenvalue weighted by Crippen LogP contribution is -3.18. The van der Waals surface area contributed by atoms with E-state index in [1.165, 1.54) is 19.7 Å². The summed E-state index contributed by atoms with van der Waals surface area (Å²) in [5, 5.41) is 10.6. The van der Waals surface area contributed by atoms with E-state index in [4.69, 9.17) is 0 Å². The highest BCUT2D eigenvalue weighted by Crippen LogP contribution is 2.31. The Labute approximate surface area is 140 Å². The fourth-order valence-corrected chi connectivity index (χ4v) is 3.70. The minimum Gasteiger partial charge on any atom is -0.494 e. The van der Waals surface area contributed by atoms with E-state index in [0.29, 0.717) is 0 Å². The molecular weight excluding hydrogens is 306 g/mol. The highest BCUT2D eigenvalue weighted by atomic mass is 16.3. The van der Waals surface area contributed by atoms with Gasteiger partial charge >= 0.3 is 5.69 Å². The van der Waals surface area contributed by atoms with Gasteiger partial charge in [-0.3, -0.25) is 13.9 Å². The molecule has 0 fully saturated rings. The van der Waals surface area contributed by atoms with Crippen molar-refractivity contribution in [2.75, 3.05) is 7.05 Å². The summed E-state index contributed by atoms with van der Waals surface area (Å²) in [4.78, 5) is 26.0. The Morgan fingerprint density at radius 1 is 1.17 bits per heavy atom. The highest BCUT2D eigenvalue weighted by molar-refractivity contribution is 5.40. The van der Waals surface area contributed by atoms with E-state index in [0.717, 1.165) is 26.0 Å². The maximum absolute atomic E-state index is 12.8. The second-order valence-corrected chi connectivity index (χ2v) is 7.32. The van der Waals surface area contributed by atoms with Crippen LogP contribution in [-0.2, 0) is 20.5 Å². The molecular formula is C18H24N3O3+. The van der Waals surface area contributed by atoms with Gasteiger partial charge in [0, 0.05) is 26.1 Å². The van der Waals surface area contributed by atoms with Gasteiger partial charge < -0.3 is 10.0 Å². The lowest BCUT2D eigenvalue weighted by Gasteiger charge is -2.43. The second kappa shape index (κ2) is 5.34. The quantitative estimate of drug-likeness (QED) is 0.756. The lowest BCUT2D eigenvalue weighted by molar-refractivity contribution is -0.957. The molecule has 24 heavy (non-hydrogen) atoms. The van der Waals surface area contributed by atoms with Gasteiger partial charge in [-0.25, -0.2) is 4.79 Å². The van der Waals surface area contributed by atoms with E-state index in [1.807, 2.05) is 25.2 Å². The number of hydrogen-bond acceptors (Lipinski definition) is 3. The first-order chi connectivity index (χ1) is 11.2. The molecule has 2 heterocycles. The number of quaternary nitrogens is 1. The van der Waals surface area contributed by atoms with Crippen LogP contribution < -0.4 is 16.1 Å². The van der Waals surface area contributed by atoms with Gasteiger partial charge in [0.15, 0.2) is 6.04 Å². The van der Waals surface area contributed by atoms with Crippen molar-refractivity contribution in [3.05, 3.63) is 61.8 Å².